The predicted octanol–water partition coefficient (Wildman–Crippen LogP) is 8.40. The molecule has 3 heterocycles. The van der Waals surface area contributed by atoms with E-state index in [-0.39, 0.29) is 0 Å². The Balaban J connectivity index is 1.18. The van der Waals surface area contributed by atoms with Crippen LogP contribution in [0.15, 0.2) is 174 Å². The molecule has 0 unspecified atom stereocenters. The summed E-state index contributed by atoms with van der Waals surface area (Å²) in [5, 5.41) is 8.07. The lowest BCUT2D eigenvalue weighted by atomic mass is 10.0. The Hall–Kier alpha value is -5.29. The molecule has 0 radical (unpaired) electrons. The van der Waals surface area contributed by atoms with Crippen molar-refractivity contribution in [1.29, 1.82) is 0 Å². The van der Waals surface area contributed by atoms with Crippen molar-refractivity contribution in [3.05, 3.63) is 164 Å². The van der Waals surface area contributed by atoms with Crippen LogP contribution in [-0.4, -0.2) is 12.6 Å². The molecule has 0 aliphatic carbocycles. The normalized spacial score (nSPS) is 13.9. The van der Waals surface area contributed by atoms with Gasteiger partial charge in [0.05, 0.1) is 11.0 Å². The SMILES string of the molecule is c1ccc2c(c1)Oc1ccc(-c3ccc(-n4c5ccccc5c5ccccc54)cc3)cc1[Si]21c2ccccc2Sc2ccccc21. The van der Waals surface area contributed by atoms with Gasteiger partial charge in [-0.2, -0.15) is 0 Å². The number of benzene rings is 7. The number of nitrogens with zero attached hydrogens (tertiary/aromatic N) is 1. The van der Waals surface area contributed by atoms with Crippen LogP contribution in [0, 0.1) is 0 Å². The summed E-state index contributed by atoms with van der Waals surface area (Å²) in [7, 11) is -2.68. The van der Waals surface area contributed by atoms with Crippen molar-refractivity contribution in [2.45, 2.75) is 9.79 Å². The molecule has 0 bridgehead atoms. The number of aromatic nitrogens is 1. The quantitative estimate of drug-likeness (QED) is 0.180. The molecular weight excluding hydrogens is 595 g/mol. The minimum Gasteiger partial charge on any atom is -0.458 e. The fourth-order valence-corrected chi connectivity index (χ4v) is 15.0. The van der Waals surface area contributed by atoms with Crippen molar-refractivity contribution in [2.75, 3.05) is 0 Å². The number of fused-ring (bicyclic) bond motifs is 11. The summed E-state index contributed by atoms with van der Waals surface area (Å²) in [5.74, 6) is 1.94. The highest BCUT2D eigenvalue weighted by molar-refractivity contribution is 8.00. The third-order valence-corrected chi connectivity index (χ3v) is 16.2. The lowest BCUT2D eigenvalue weighted by Gasteiger charge is -2.43. The molecule has 2 aliphatic rings. The molecule has 2 aliphatic heterocycles. The molecule has 0 saturated heterocycles. The summed E-state index contributed by atoms with van der Waals surface area (Å²) in [6, 6.07) is 60.0. The molecule has 7 aromatic carbocycles. The van der Waals surface area contributed by atoms with Gasteiger partial charge in [-0.1, -0.05) is 127 Å². The third kappa shape index (κ3) is 3.54. The average molecular weight is 622 g/mol. The fourth-order valence-electron chi connectivity index (χ4n) is 7.80. The molecule has 4 heteroatoms. The second kappa shape index (κ2) is 9.85. The Morgan fingerprint density at radius 1 is 0.435 bits per heavy atom. The van der Waals surface area contributed by atoms with Crippen LogP contribution in [0.4, 0.5) is 0 Å². The molecule has 8 aromatic rings. The van der Waals surface area contributed by atoms with E-state index in [9.17, 15) is 0 Å². The van der Waals surface area contributed by atoms with Gasteiger partial charge >= 0.3 is 0 Å². The van der Waals surface area contributed by atoms with Crippen LogP contribution in [0.25, 0.3) is 38.6 Å². The Bertz CT molecular complexity index is 2340. The molecule has 1 spiro atoms. The number of para-hydroxylation sites is 3. The first-order valence-electron chi connectivity index (χ1n) is 15.7. The molecule has 0 atom stereocenters. The van der Waals surface area contributed by atoms with Crippen molar-refractivity contribution < 1.29 is 4.74 Å². The zero-order chi connectivity index (χ0) is 30.2. The zero-order valence-electron chi connectivity index (χ0n) is 24.9. The van der Waals surface area contributed by atoms with Gasteiger partial charge in [0, 0.05) is 26.3 Å². The highest BCUT2D eigenvalue weighted by atomic mass is 32.2. The molecule has 10 rings (SSSR count). The van der Waals surface area contributed by atoms with E-state index in [2.05, 4.69) is 168 Å². The fraction of sp³-hybridized carbons (Fsp3) is 0. The summed E-state index contributed by atoms with van der Waals surface area (Å²) in [5.41, 5.74) is 6.01. The molecule has 0 amide bonds. The van der Waals surface area contributed by atoms with E-state index < -0.39 is 8.07 Å². The Morgan fingerprint density at radius 2 is 0.957 bits per heavy atom. The number of hydrogen-bond donors (Lipinski definition) is 0. The molecule has 46 heavy (non-hydrogen) atoms. The molecule has 216 valence electrons. The van der Waals surface area contributed by atoms with Crippen molar-refractivity contribution in [3.63, 3.8) is 0 Å². The van der Waals surface area contributed by atoms with Gasteiger partial charge < -0.3 is 9.30 Å². The summed E-state index contributed by atoms with van der Waals surface area (Å²) in [4.78, 5) is 2.69. The highest BCUT2D eigenvalue weighted by Gasteiger charge is 2.52. The van der Waals surface area contributed by atoms with Crippen molar-refractivity contribution in [1.82, 2.24) is 4.57 Å². The van der Waals surface area contributed by atoms with Crippen molar-refractivity contribution in [2.24, 2.45) is 0 Å². The summed E-state index contributed by atoms with van der Waals surface area (Å²) >= 11 is 1.89. The largest absolute Gasteiger partial charge is 0.458 e. The Kier molecular flexibility index (Phi) is 5.56. The van der Waals surface area contributed by atoms with Crippen LogP contribution in [0.2, 0.25) is 0 Å². The number of hydrogen-bond acceptors (Lipinski definition) is 2. The first-order valence-corrected chi connectivity index (χ1v) is 18.5. The van der Waals surface area contributed by atoms with Crippen molar-refractivity contribution >= 4 is 62.4 Å². The lowest BCUT2D eigenvalue weighted by molar-refractivity contribution is 0.487. The average Bonchev–Trinajstić information content (AvgIpc) is 3.46. The van der Waals surface area contributed by atoms with E-state index in [4.69, 9.17) is 4.74 Å². The van der Waals surface area contributed by atoms with Gasteiger partial charge in [0.25, 0.3) is 0 Å². The van der Waals surface area contributed by atoms with Crippen LogP contribution in [0.1, 0.15) is 0 Å². The standard InChI is InChI=1S/C42H27NOSSi/c1-3-13-33-31(11-1)32-12-2-4-14-34(32)43(33)30-24-21-28(22-25-30)29-23-26-36-42(27-29)46(39-18-8-5-15-35(39)44-36)40-19-9-6-16-37(40)45-38-17-7-10-20-41(38)46/h1-27H. The maximum atomic E-state index is 6.70. The number of ether oxygens (including phenoxy) is 1. The van der Waals surface area contributed by atoms with E-state index in [1.165, 1.54) is 63.5 Å². The van der Waals surface area contributed by atoms with Gasteiger partial charge in [-0.05, 0) is 80.4 Å². The molecule has 2 nitrogen and oxygen atoms in total. The predicted molar refractivity (Wildman–Crippen MR) is 194 cm³/mol. The Labute approximate surface area is 272 Å². The highest BCUT2D eigenvalue weighted by Crippen LogP contribution is 2.39. The van der Waals surface area contributed by atoms with Crippen molar-refractivity contribution in [3.8, 4) is 28.3 Å². The van der Waals surface area contributed by atoms with Crippen LogP contribution in [0.3, 0.4) is 0 Å². The lowest BCUT2D eigenvalue weighted by Crippen LogP contribution is -2.77. The van der Waals surface area contributed by atoms with Gasteiger partial charge in [0.1, 0.15) is 11.5 Å². The van der Waals surface area contributed by atoms with Crippen LogP contribution >= 0.6 is 11.8 Å². The van der Waals surface area contributed by atoms with E-state index in [0.717, 1.165) is 17.2 Å². The third-order valence-electron chi connectivity index (χ3n) is 9.74. The van der Waals surface area contributed by atoms with Gasteiger partial charge in [-0.3, -0.25) is 0 Å². The van der Waals surface area contributed by atoms with Gasteiger partial charge in [-0.25, -0.2) is 0 Å². The van der Waals surface area contributed by atoms with Crippen LogP contribution < -0.4 is 25.5 Å². The molecule has 0 N–H and O–H groups in total. The minimum atomic E-state index is -2.68. The second-order valence-corrected chi connectivity index (χ2v) is 16.8. The second-order valence-electron chi connectivity index (χ2n) is 12.1. The van der Waals surface area contributed by atoms with E-state index in [0.29, 0.717) is 0 Å². The summed E-state index contributed by atoms with van der Waals surface area (Å²) < 4.78 is 9.08. The topological polar surface area (TPSA) is 14.2 Å². The maximum Gasteiger partial charge on any atom is 0.190 e. The zero-order valence-corrected chi connectivity index (χ0v) is 26.7. The summed E-state index contributed by atoms with van der Waals surface area (Å²) in [6.45, 7) is 0. The van der Waals surface area contributed by atoms with E-state index in [1.807, 2.05) is 11.8 Å². The maximum absolute atomic E-state index is 6.70. The van der Waals surface area contributed by atoms with Crippen LogP contribution in [0.5, 0.6) is 11.5 Å². The first kappa shape index (κ1) is 26.0. The van der Waals surface area contributed by atoms with E-state index >= 15 is 0 Å². The molecular formula is C42H27NOSSi. The van der Waals surface area contributed by atoms with E-state index in [1.54, 1.807) is 0 Å². The smallest absolute Gasteiger partial charge is 0.190 e. The molecule has 1 aromatic heterocycles. The first-order chi connectivity index (χ1) is 22.8. The van der Waals surface area contributed by atoms with Gasteiger partial charge in [0.2, 0.25) is 0 Å². The number of rotatable bonds is 2. The minimum absolute atomic E-state index is 0.965. The molecule has 0 fully saturated rings. The summed E-state index contributed by atoms with van der Waals surface area (Å²) in [6.07, 6.45) is 0. The Morgan fingerprint density at radius 3 is 1.63 bits per heavy atom. The monoisotopic (exact) mass is 621 g/mol. The molecule has 0 saturated carbocycles. The van der Waals surface area contributed by atoms with Gasteiger partial charge in [0.15, 0.2) is 8.07 Å². The van der Waals surface area contributed by atoms with Gasteiger partial charge in [-0.15, -0.1) is 0 Å². The van der Waals surface area contributed by atoms with Crippen LogP contribution in [-0.2, 0) is 0 Å².